The van der Waals surface area contributed by atoms with Gasteiger partial charge in [0.15, 0.2) is 0 Å². The van der Waals surface area contributed by atoms with Crippen LogP contribution in [-0.4, -0.2) is 17.1 Å². The standard InChI is InChI=1S/C9H15NO2/c10-8(9(11)12)6-7-4-2-1-3-5-7/h2,4,7-8H,1,3,5-6,10H2,(H,11,12)/t7-,8+/m1/s1/i4D,7D. The predicted molar refractivity (Wildman–Crippen MR) is 46.7 cm³/mol. The third-order valence-electron chi connectivity index (χ3n) is 1.92. The Labute approximate surface area is 75.1 Å². The molecule has 0 heterocycles. The summed E-state index contributed by atoms with van der Waals surface area (Å²) in [6.07, 6.45) is 3.88. The van der Waals surface area contributed by atoms with E-state index in [2.05, 4.69) is 0 Å². The molecule has 0 fully saturated rings. The molecule has 0 aromatic rings. The minimum Gasteiger partial charge on any atom is -0.480 e. The molecule has 2 atom stereocenters. The van der Waals surface area contributed by atoms with E-state index < -0.39 is 17.9 Å². The monoisotopic (exact) mass is 171 g/mol. The van der Waals surface area contributed by atoms with E-state index in [0.29, 0.717) is 6.42 Å². The fourth-order valence-electron chi connectivity index (χ4n) is 1.22. The number of carbonyl (C=O) groups is 1. The highest BCUT2D eigenvalue weighted by Gasteiger charge is 2.17. The molecule has 3 heteroatoms. The number of carboxylic acid groups (broad SMARTS) is 1. The SMILES string of the molecule is [2H]C1=CCCC[C@]1([2H])C[C@H](N)C(=O)O. The molecule has 1 aliphatic rings. The number of nitrogens with two attached hydrogens (primary N) is 1. The Hall–Kier alpha value is -0.830. The van der Waals surface area contributed by atoms with Crippen molar-refractivity contribution in [2.24, 2.45) is 11.6 Å². The molecule has 68 valence electrons. The molecular formula is C9H15NO2. The molecule has 1 aliphatic carbocycles. The van der Waals surface area contributed by atoms with Crippen LogP contribution < -0.4 is 5.73 Å². The summed E-state index contributed by atoms with van der Waals surface area (Å²) in [7, 11) is 0. The molecule has 0 amide bonds. The van der Waals surface area contributed by atoms with Crippen LogP contribution in [0.5, 0.6) is 0 Å². The zero-order chi connectivity index (χ0) is 10.8. The lowest BCUT2D eigenvalue weighted by Gasteiger charge is -2.17. The van der Waals surface area contributed by atoms with Crippen molar-refractivity contribution < 1.29 is 12.6 Å². The second-order valence-electron chi connectivity index (χ2n) is 2.99. The lowest BCUT2D eigenvalue weighted by Crippen LogP contribution is -2.32. The van der Waals surface area contributed by atoms with Gasteiger partial charge in [0.05, 0.1) is 1.37 Å². The summed E-state index contributed by atoms with van der Waals surface area (Å²) in [6, 6.07) is -0.834. The Morgan fingerprint density at radius 1 is 2.00 bits per heavy atom. The van der Waals surface area contributed by atoms with Gasteiger partial charge in [-0.25, -0.2) is 0 Å². The molecule has 3 N–H and O–H groups in total. The van der Waals surface area contributed by atoms with Crippen LogP contribution in [0.15, 0.2) is 12.1 Å². The maximum Gasteiger partial charge on any atom is 0.320 e. The van der Waals surface area contributed by atoms with E-state index in [1.54, 1.807) is 6.08 Å². The van der Waals surface area contributed by atoms with Crippen LogP contribution in [0.25, 0.3) is 0 Å². The summed E-state index contributed by atoms with van der Waals surface area (Å²) in [5.41, 5.74) is 5.36. The molecule has 0 aliphatic heterocycles. The van der Waals surface area contributed by atoms with Crippen LogP contribution in [0.1, 0.15) is 28.4 Å². The number of allylic oxidation sites excluding steroid dienone is 2. The average molecular weight is 171 g/mol. The van der Waals surface area contributed by atoms with Gasteiger partial charge >= 0.3 is 5.97 Å². The molecule has 12 heavy (non-hydrogen) atoms. The fraction of sp³-hybridized carbons (Fsp3) is 0.667. The van der Waals surface area contributed by atoms with Crippen molar-refractivity contribution in [1.82, 2.24) is 0 Å². The first-order valence-electron chi connectivity index (χ1n) is 5.11. The van der Waals surface area contributed by atoms with Crippen molar-refractivity contribution in [3.63, 3.8) is 0 Å². The highest BCUT2D eigenvalue weighted by Crippen LogP contribution is 2.20. The van der Waals surface area contributed by atoms with E-state index in [4.69, 9.17) is 13.6 Å². The van der Waals surface area contributed by atoms with Crippen molar-refractivity contribution >= 4 is 5.97 Å². The molecule has 0 aromatic carbocycles. The topological polar surface area (TPSA) is 63.3 Å². The van der Waals surface area contributed by atoms with E-state index in [0.717, 1.165) is 12.8 Å². The predicted octanol–water partition coefficient (Wildman–Crippen LogP) is 1.14. The minimum absolute atomic E-state index is 0.0255. The van der Waals surface area contributed by atoms with Gasteiger partial charge < -0.3 is 10.8 Å². The van der Waals surface area contributed by atoms with Crippen LogP contribution in [0.3, 0.4) is 0 Å². The first-order valence-corrected chi connectivity index (χ1v) is 4.11. The summed E-state index contributed by atoms with van der Waals surface area (Å²) in [5.74, 6) is -2.19. The number of carboxylic acids is 1. The average Bonchev–Trinajstić information content (AvgIpc) is 2.10. The molecule has 0 saturated heterocycles. The molecule has 0 bridgehead atoms. The summed E-state index contributed by atoms with van der Waals surface area (Å²) in [6.45, 7) is 0. The highest BCUT2D eigenvalue weighted by molar-refractivity contribution is 5.73. The number of rotatable bonds is 3. The van der Waals surface area contributed by atoms with Crippen LogP contribution in [0, 0.1) is 5.89 Å². The summed E-state index contributed by atoms with van der Waals surface area (Å²) >= 11 is 0. The highest BCUT2D eigenvalue weighted by atomic mass is 16.4. The van der Waals surface area contributed by atoms with E-state index in [1.165, 1.54) is 0 Å². The zero-order valence-electron chi connectivity index (χ0n) is 8.92. The van der Waals surface area contributed by atoms with Gasteiger partial charge in [0, 0.05) is 1.37 Å². The lowest BCUT2D eigenvalue weighted by molar-refractivity contribution is -0.138. The van der Waals surface area contributed by atoms with Crippen molar-refractivity contribution in [3.05, 3.63) is 12.1 Å². The van der Waals surface area contributed by atoms with Crippen LogP contribution in [-0.2, 0) is 4.79 Å². The Bertz CT molecular complexity index is 268. The van der Waals surface area contributed by atoms with Crippen LogP contribution >= 0.6 is 0 Å². The largest absolute Gasteiger partial charge is 0.480 e. The molecule has 1 rings (SSSR count). The number of hydrogen-bond donors (Lipinski definition) is 2. The van der Waals surface area contributed by atoms with Crippen molar-refractivity contribution in [2.45, 2.75) is 31.7 Å². The third kappa shape index (κ3) is 2.66. The first kappa shape index (κ1) is 6.66. The summed E-state index contributed by atoms with van der Waals surface area (Å²) < 4.78 is 15.5. The third-order valence-corrected chi connectivity index (χ3v) is 1.92. The van der Waals surface area contributed by atoms with E-state index in [-0.39, 0.29) is 12.5 Å². The molecule has 0 saturated carbocycles. The Morgan fingerprint density at radius 3 is 3.33 bits per heavy atom. The molecule has 0 aromatic heterocycles. The normalized spacial score (nSPS) is 34.6. The Kier molecular flexibility index (Phi) is 2.36. The minimum atomic E-state index is -1.10. The van der Waals surface area contributed by atoms with Gasteiger partial charge in [-0.05, 0) is 31.6 Å². The van der Waals surface area contributed by atoms with Crippen LogP contribution in [0.4, 0.5) is 0 Å². The van der Waals surface area contributed by atoms with E-state index in [1.807, 2.05) is 0 Å². The zero-order valence-corrected chi connectivity index (χ0v) is 6.92. The van der Waals surface area contributed by atoms with Gasteiger partial charge in [-0.2, -0.15) is 0 Å². The molecule has 0 radical (unpaired) electrons. The van der Waals surface area contributed by atoms with Gasteiger partial charge in [-0.15, -0.1) is 0 Å². The van der Waals surface area contributed by atoms with E-state index >= 15 is 0 Å². The summed E-state index contributed by atoms with van der Waals surface area (Å²) in [4.78, 5) is 10.5. The smallest absolute Gasteiger partial charge is 0.320 e. The van der Waals surface area contributed by atoms with Gasteiger partial charge in [0.1, 0.15) is 6.04 Å². The maximum absolute atomic E-state index is 10.5. The van der Waals surface area contributed by atoms with Crippen molar-refractivity contribution in [1.29, 1.82) is 0 Å². The van der Waals surface area contributed by atoms with Gasteiger partial charge in [0.25, 0.3) is 0 Å². The Balaban J connectivity index is 2.70. The van der Waals surface area contributed by atoms with Crippen LogP contribution in [0.2, 0.25) is 0 Å². The molecule has 0 unspecified atom stereocenters. The fourth-order valence-corrected chi connectivity index (χ4v) is 1.22. The Morgan fingerprint density at radius 2 is 2.75 bits per heavy atom. The second-order valence-corrected chi connectivity index (χ2v) is 2.99. The van der Waals surface area contributed by atoms with Crippen molar-refractivity contribution in [3.8, 4) is 0 Å². The van der Waals surface area contributed by atoms with Gasteiger partial charge in [-0.3, -0.25) is 4.79 Å². The lowest BCUT2D eigenvalue weighted by atomic mass is 9.90. The second kappa shape index (κ2) is 4.26. The molecule has 0 spiro atoms. The first-order chi connectivity index (χ1) is 6.46. The number of aliphatic carboxylic acids is 1. The summed E-state index contributed by atoms with van der Waals surface area (Å²) in [5, 5.41) is 8.62. The number of hydrogen-bond acceptors (Lipinski definition) is 2. The molecular weight excluding hydrogens is 154 g/mol. The van der Waals surface area contributed by atoms with Gasteiger partial charge in [-0.1, -0.05) is 12.1 Å². The quantitative estimate of drug-likeness (QED) is 0.626. The van der Waals surface area contributed by atoms with Gasteiger partial charge in [0.2, 0.25) is 0 Å². The van der Waals surface area contributed by atoms with Crippen molar-refractivity contribution in [2.75, 3.05) is 0 Å². The van der Waals surface area contributed by atoms with E-state index in [9.17, 15) is 4.79 Å². The maximum atomic E-state index is 10.5. The molecule has 3 nitrogen and oxygen atoms in total.